The summed E-state index contributed by atoms with van der Waals surface area (Å²) in [7, 11) is 1.63. The van der Waals surface area contributed by atoms with Crippen molar-refractivity contribution in [3.63, 3.8) is 0 Å². The van der Waals surface area contributed by atoms with Crippen LogP contribution in [0, 0.1) is 0 Å². The fourth-order valence-electron chi connectivity index (χ4n) is 1.92. The zero-order chi connectivity index (χ0) is 14.1. The molecular formula is C14H11N3O3. The topological polar surface area (TPSA) is 77.1 Å². The van der Waals surface area contributed by atoms with Crippen LogP contribution in [0.1, 0.15) is 10.4 Å². The van der Waals surface area contributed by atoms with Gasteiger partial charge in [0.05, 0.1) is 5.52 Å². The van der Waals surface area contributed by atoms with Crippen LogP contribution in [0.4, 0.5) is 5.69 Å². The lowest BCUT2D eigenvalue weighted by molar-refractivity contribution is 0.102. The number of aromatic nitrogens is 2. The molecule has 1 aromatic carbocycles. The van der Waals surface area contributed by atoms with Crippen LogP contribution in [0.15, 0.2) is 51.9 Å². The summed E-state index contributed by atoms with van der Waals surface area (Å²) in [6, 6.07) is 8.31. The number of oxazole rings is 1. The van der Waals surface area contributed by atoms with E-state index in [0.29, 0.717) is 22.4 Å². The highest BCUT2D eigenvalue weighted by atomic mass is 16.4. The van der Waals surface area contributed by atoms with Gasteiger partial charge in [-0.2, -0.15) is 0 Å². The van der Waals surface area contributed by atoms with Crippen molar-refractivity contribution in [3.05, 3.63) is 58.8 Å². The van der Waals surface area contributed by atoms with Gasteiger partial charge in [0, 0.05) is 36.8 Å². The van der Waals surface area contributed by atoms with Crippen LogP contribution in [-0.4, -0.2) is 15.5 Å². The van der Waals surface area contributed by atoms with Gasteiger partial charge in [-0.15, -0.1) is 0 Å². The lowest BCUT2D eigenvalue weighted by Gasteiger charge is -2.04. The molecule has 0 unspecified atom stereocenters. The van der Waals surface area contributed by atoms with Gasteiger partial charge in [-0.1, -0.05) is 0 Å². The zero-order valence-corrected chi connectivity index (χ0v) is 10.7. The fraction of sp³-hybridized carbons (Fsp3) is 0.0714. The Morgan fingerprint density at radius 1 is 1.25 bits per heavy atom. The Morgan fingerprint density at radius 3 is 2.75 bits per heavy atom. The van der Waals surface area contributed by atoms with Crippen molar-refractivity contribution in [1.82, 2.24) is 9.55 Å². The Hall–Kier alpha value is -2.89. The summed E-state index contributed by atoms with van der Waals surface area (Å²) >= 11 is 0. The van der Waals surface area contributed by atoms with E-state index in [1.54, 1.807) is 49.8 Å². The molecule has 0 aliphatic heterocycles. The third-order valence-corrected chi connectivity index (χ3v) is 2.99. The molecule has 1 amide bonds. The predicted molar refractivity (Wildman–Crippen MR) is 73.6 cm³/mol. The van der Waals surface area contributed by atoms with Crippen molar-refractivity contribution in [2.75, 3.05) is 5.32 Å². The molecule has 2 heterocycles. The van der Waals surface area contributed by atoms with Gasteiger partial charge in [-0.05, 0) is 24.3 Å². The second kappa shape index (κ2) is 4.65. The normalized spacial score (nSPS) is 10.7. The van der Waals surface area contributed by atoms with Crippen molar-refractivity contribution >= 4 is 22.7 Å². The first-order valence-electron chi connectivity index (χ1n) is 5.96. The van der Waals surface area contributed by atoms with Gasteiger partial charge in [0.15, 0.2) is 5.58 Å². The Balaban J connectivity index is 1.92. The van der Waals surface area contributed by atoms with E-state index in [9.17, 15) is 9.59 Å². The lowest BCUT2D eigenvalue weighted by atomic mass is 10.2. The maximum absolute atomic E-state index is 12.0. The third kappa shape index (κ3) is 2.07. The molecule has 0 radical (unpaired) electrons. The number of pyridine rings is 1. The molecule has 1 N–H and O–H groups in total. The third-order valence-electron chi connectivity index (χ3n) is 2.99. The zero-order valence-electron chi connectivity index (χ0n) is 10.7. The van der Waals surface area contributed by atoms with Gasteiger partial charge < -0.3 is 9.73 Å². The van der Waals surface area contributed by atoms with E-state index in [-0.39, 0.29) is 5.91 Å². The molecule has 0 atom stereocenters. The largest absolute Gasteiger partial charge is 0.419 e. The number of fused-ring (bicyclic) bond motifs is 1. The highest BCUT2D eigenvalue weighted by Gasteiger charge is 2.09. The van der Waals surface area contributed by atoms with E-state index >= 15 is 0 Å². The van der Waals surface area contributed by atoms with Crippen molar-refractivity contribution < 1.29 is 9.21 Å². The summed E-state index contributed by atoms with van der Waals surface area (Å²) < 4.78 is 6.48. The average molecular weight is 269 g/mol. The Morgan fingerprint density at radius 2 is 2.00 bits per heavy atom. The molecule has 6 nitrogen and oxygen atoms in total. The number of hydrogen-bond acceptors (Lipinski definition) is 4. The first-order valence-corrected chi connectivity index (χ1v) is 5.96. The van der Waals surface area contributed by atoms with Gasteiger partial charge in [0.25, 0.3) is 5.91 Å². The smallest absolute Gasteiger partial charge is 0.408 e. The highest BCUT2D eigenvalue weighted by Crippen LogP contribution is 2.18. The standard InChI is InChI=1S/C14H11N3O3/c1-17-11-3-2-10(8-12(11)20-14(17)19)16-13(18)9-4-6-15-7-5-9/h2-8H,1H3,(H,16,18). The van der Waals surface area contributed by atoms with E-state index in [1.807, 2.05) is 0 Å². The Kier molecular flexibility index (Phi) is 2.83. The molecule has 6 heteroatoms. The quantitative estimate of drug-likeness (QED) is 0.769. The van der Waals surface area contributed by atoms with E-state index in [0.717, 1.165) is 0 Å². The van der Waals surface area contributed by atoms with Gasteiger partial charge in [0.1, 0.15) is 0 Å². The molecule has 0 aliphatic carbocycles. The number of nitrogens with zero attached hydrogens (tertiary/aromatic N) is 2. The van der Waals surface area contributed by atoms with Crippen LogP contribution in [0.3, 0.4) is 0 Å². The van der Waals surface area contributed by atoms with Crippen LogP contribution in [0.25, 0.3) is 11.1 Å². The SMILES string of the molecule is Cn1c(=O)oc2cc(NC(=O)c3ccncc3)ccc21. The van der Waals surface area contributed by atoms with E-state index < -0.39 is 5.76 Å². The lowest BCUT2D eigenvalue weighted by Crippen LogP contribution is -2.11. The molecule has 3 rings (SSSR count). The van der Waals surface area contributed by atoms with E-state index in [4.69, 9.17) is 4.42 Å². The summed E-state index contributed by atoms with van der Waals surface area (Å²) in [4.78, 5) is 27.2. The number of hydrogen-bond donors (Lipinski definition) is 1. The minimum Gasteiger partial charge on any atom is -0.408 e. The number of rotatable bonds is 2. The van der Waals surface area contributed by atoms with Gasteiger partial charge in [-0.25, -0.2) is 4.79 Å². The van der Waals surface area contributed by atoms with Gasteiger partial charge in [-0.3, -0.25) is 14.3 Å². The minimum atomic E-state index is -0.433. The van der Waals surface area contributed by atoms with Gasteiger partial charge >= 0.3 is 5.76 Å². The minimum absolute atomic E-state index is 0.245. The Bertz CT molecular complexity index is 834. The van der Waals surface area contributed by atoms with Crippen LogP contribution < -0.4 is 11.1 Å². The van der Waals surface area contributed by atoms with Gasteiger partial charge in [0.2, 0.25) is 0 Å². The predicted octanol–water partition coefficient (Wildman–Crippen LogP) is 1.78. The number of benzene rings is 1. The molecule has 100 valence electrons. The molecule has 0 aliphatic rings. The summed E-state index contributed by atoms with van der Waals surface area (Å²) in [6.45, 7) is 0. The number of nitrogens with one attached hydrogen (secondary N) is 1. The molecule has 3 aromatic rings. The molecule has 20 heavy (non-hydrogen) atoms. The summed E-state index contributed by atoms with van der Waals surface area (Å²) in [5.74, 6) is -0.678. The molecule has 0 fully saturated rings. The maximum Gasteiger partial charge on any atom is 0.419 e. The second-order valence-electron chi connectivity index (χ2n) is 4.30. The average Bonchev–Trinajstić information content (AvgIpc) is 2.74. The van der Waals surface area contributed by atoms with E-state index in [2.05, 4.69) is 10.3 Å². The highest BCUT2D eigenvalue weighted by molar-refractivity contribution is 6.04. The number of amides is 1. The van der Waals surface area contributed by atoms with Crippen LogP contribution in [0.2, 0.25) is 0 Å². The number of carbonyl (C=O) groups is 1. The second-order valence-corrected chi connectivity index (χ2v) is 4.30. The van der Waals surface area contributed by atoms with E-state index in [1.165, 1.54) is 4.57 Å². The first kappa shape index (κ1) is 12.2. The van der Waals surface area contributed by atoms with Crippen LogP contribution >= 0.6 is 0 Å². The van der Waals surface area contributed by atoms with Crippen molar-refractivity contribution in [2.24, 2.45) is 7.05 Å². The molecule has 0 saturated heterocycles. The molecule has 2 aromatic heterocycles. The molecule has 0 spiro atoms. The number of carbonyl (C=O) groups excluding carboxylic acids is 1. The monoisotopic (exact) mass is 269 g/mol. The van der Waals surface area contributed by atoms with Crippen molar-refractivity contribution in [2.45, 2.75) is 0 Å². The first-order chi connectivity index (χ1) is 9.65. The molecule has 0 bridgehead atoms. The maximum atomic E-state index is 12.0. The summed E-state index contributed by atoms with van der Waals surface area (Å²) in [5, 5.41) is 2.74. The summed E-state index contributed by atoms with van der Waals surface area (Å²) in [6.07, 6.45) is 3.10. The number of aryl methyl sites for hydroxylation is 1. The number of anilines is 1. The molecular weight excluding hydrogens is 258 g/mol. The summed E-state index contributed by atoms with van der Waals surface area (Å²) in [5.41, 5.74) is 2.19. The molecule has 0 saturated carbocycles. The Labute approximate surface area is 113 Å². The van der Waals surface area contributed by atoms with Crippen molar-refractivity contribution in [1.29, 1.82) is 0 Å². The van der Waals surface area contributed by atoms with Crippen LogP contribution in [-0.2, 0) is 7.05 Å². The van der Waals surface area contributed by atoms with Crippen molar-refractivity contribution in [3.8, 4) is 0 Å². The van der Waals surface area contributed by atoms with Crippen LogP contribution in [0.5, 0.6) is 0 Å². The fourth-order valence-corrected chi connectivity index (χ4v) is 1.92.